The van der Waals surface area contributed by atoms with Crippen LogP contribution in [-0.4, -0.2) is 11.7 Å². The molecule has 0 atom stereocenters. The minimum Gasteiger partial charge on any atom is -0.362 e. The summed E-state index contributed by atoms with van der Waals surface area (Å²) in [6.45, 7) is 1.62. The number of nitro groups is 1. The van der Waals surface area contributed by atoms with Gasteiger partial charge < -0.3 is 4.74 Å². The van der Waals surface area contributed by atoms with E-state index in [-0.39, 0.29) is 5.69 Å². The fraction of sp³-hybridized carbons (Fsp3) is 0.200. The van der Waals surface area contributed by atoms with Gasteiger partial charge in [0.1, 0.15) is 0 Å². The molecule has 20 heavy (non-hydrogen) atoms. The van der Waals surface area contributed by atoms with Gasteiger partial charge >= 0.3 is 0 Å². The second-order valence-corrected chi connectivity index (χ2v) is 4.33. The first-order valence-corrected chi connectivity index (χ1v) is 6.31. The Morgan fingerprint density at radius 3 is 2.35 bits per heavy atom. The summed E-state index contributed by atoms with van der Waals surface area (Å²) in [6.07, 6.45) is 0. The van der Waals surface area contributed by atoms with Crippen molar-refractivity contribution in [2.24, 2.45) is 0 Å². The molecule has 1 N–H and O–H groups in total. The van der Waals surface area contributed by atoms with E-state index in [2.05, 4.69) is 5.32 Å². The quantitative estimate of drug-likeness (QED) is 0.364. The van der Waals surface area contributed by atoms with E-state index in [9.17, 15) is 10.1 Å². The van der Waals surface area contributed by atoms with E-state index < -0.39 is 4.92 Å². The zero-order valence-electron chi connectivity index (χ0n) is 11.0. The van der Waals surface area contributed by atoms with Crippen LogP contribution in [0.1, 0.15) is 11.1 Å². The topological polar surface area (TPSA) is 64.4 Å². The maximum absolute atomic E-state index is 10.5. The lowest BCUT2D eigenvalue weighted by atomic mass is 10.2. The molecule has 0 aliphatic heterocycles. The second-order valence-electron chi connectivity index (χ2n) is 4.33. The van der Waals surface area contributed by atoms with Gasteiger partial charge in [0.25, 0.3) is 5.69 Å². The van der Waals surface area contributed by atoms with Crippen molar-refractivity contribution in [3.8, 4) is 0 Å². The van der Waals surface area contributed by atoms with Gasteiger partial charge in [-0.2, -0.15) is 0 Å². The van der Waals surface area contributed by atoms with Crippen LogP contribution >= 0.6 is 0 Å². The highest BCUT2D eigenvalue weighted by molar-refractivity contribution is 5.32. The van der Waals surface area contributed by atoms with Crippen molar-refractivity contribution in [2.45, 2.75) is 13.2 Å². The summed E-state index contributed by atoms with van der Waals surface area (Å²) in [5.74, 6) is 0. The van der Waals surface area contributed by atoms with E-state index in [1.54, 1.807) is 12.1 Å². The fourth-order valence-electron chi connectivity index (χ4n) is 1.75. The number of nitrogens with one attached hydrogen (secondary N) is 1. The number of hydrogen-bond donors (Lipinski definition) is 1. The maximum Gasteiger partial charge on any atom is 0.269 e. The minimum absolute atomic E-state index is 0.0935. The van der Waals surface area contributed by atoms with Crippen LogP contribution in [0.2, 0.25) is 0 Å². The van der Waals surface area contributed by atoms with Gasteiger partial charge in [0, 0.05) is 18.7 Å². The van der Waals surface area contributed by atoms with Gasteiger partial charge in [-0.15, -0.1) is 0 Å². The molecule has 5 nitrogen and oxygen atoms in total. The molecule has 0 radical (unpaired) electrons. The Labute approximate surface area is 117 Å². The third-order valence-electron chi connectivity index (χ3n) is 2.79. The van der Waals surface area contributed by atoms with Gasteiger partial charge in [-0.05, 0) is 23.3 Å². The number of benzene rings is 2. The molecule has 0 spiro atoms. The lowest BCUT2D eigenvalue weighted by Gasteiger charge is -2.06. The lowest BCUT2D eigenvalue weighted by molar-refractivity contribution is -0.384. The molecule has 0 unspecified atom stereocenters. The highest BCUT2D eigenvalue weighted by Crippen LogP contribution is 2.12. The maximum atomic E-state index is 10.5. The van der Waals surface area contributed by atoms with Crippen molar-refractivity contribution in [2.75, 3.05) is 6.73 Å². The van der Waals surface area contributed by atoms with Crippen LogP contribution in [-0.2, 0) is 17.9 Å². The molecule has 2 aromatic carbocycles. The molecule has 0 fully saturated rings. The van der Waals surface area contributed by atoms with E-state index >= 15 is 0 Å². The minimum atomic E-state index is -0.411. The van der Waals surface area contributed by atoms with Crippen molar-refractivity contribution in [3.63, 3.8) is 0 Å². The monoisotopic (exact) mass is 272 g/mol. The summed E-state index contributed by atoms with van der Waals surface area (Å²) in [4.78, 5) is 10.1. The van der Waals surface area contributed by atoms with Crippen molar-refractivity contribution in [1.82, 2.24) is 5.32 Å². The number of ether oxygens (including phenoxy) is 1. The van der Waals surface area contributed by atoms with Crippen LogP contribution in [0.4, 0.5) is 5.69 Å². The highest BCUT2D eigenvalue weighted by Gasteiger charge is 2.03. The molecule has 104 valence electrons. The van der Waals surface area contributed by atoms with Crippen LogP contribution in [0.25, 0.3) is 0 Å². The molecule has 0 saturated heterocycles. The molecule has 2 aromatic rings. The normalized spacial score (nSPS) is 10.4. The Kier molecular flexibility index (Phi) is 5.23. The van der Waals surface area contributed by atoms with Crippen LogP contribution in [0.15, 0.2) is 54.6 Å². The molecular formula is C15H16N2O3. The largest absolute Gasteiger partial charge is 0.362 e. The van der Waals surface area contributed by atoms with E-state index in [0.717, 1.165) is 12.1 Å². The predicted octanol–water partition coefficient (Wildman–Crippen LogP) is 2.86. The van der Waals surface area contributed by atoms with Gasteiger partial charge in [0.2, 0.25) is 0 Å². The second kappa shape index (κ2) is 7.37. The zero-order chi connectivity index (χ0) is 14.2. The third kappa shape index (κ3) is 4.46. The molecule has 0 saturated carbocycles. The molecule has 0 heterocycles. The summed E-state index contributed by atoms with van der Waals surface area (Å²) in [6, 6.07) is 16.4. The molecule has 0 aliphatic rings. The number of rotatable bonds is 7. The van der Waals surface area contributed by atoms with Crippen molar-refractivity contribution in [3.05, 3.63) is 75.8 Å². The molecule has 0 aliphatic carbocycles. The average molecular weight is 272 g/mol. The predicted molar refractivity (Wildman–Crippen MR) is 76.0 cm³/mol. The van der Waals surface area contributed by atoms with Crippen molar-refractivity contribution in [1.29, 1.82) is 0 Å². The number of non-ortho nitro benzene ring substituents is 1. The van der Waals surface area contributed by atoms with E-state index in [1.165, 1.54) is 17.7 Å². The van der Waals surface area contributed by atoms with Gasteiger partial charge in [0.15, 0.2) is 0 Å². The van der Waals surface area contributed by atoms with Crippen LogP contribution in [0.5, 0.6) is 0 Å². The Balaban J connectivity index is 1.67. The highest BCUT2D eigenvalue weighted by atomic mass is 16.6. The standard InChI is InChI=1S/C15H16N2O3/c18-17(19)15-8-6-14(7-9-15)11-20-12-16-10-13-4-2-1-3-5-13/h1-9,16H,10-12H2. The van der Waals surface area contributed by atoms with E-state index in [4.69, 9.17) is 4.74 Å². The molecule has 5 heteroatoms. The van der Waals surface area contributed by atoms with Crippen LogP contribution in [0, 0.1) is 10.1 Å². The Bertz CT molecular complexity index is 541. The summed E-state index contributed by atoms with van der Waals surface area (Å²) < 4.78 is 5.46. The molecule has 2 rings (SSSR count). The summed E-state index contributed by atoms with van der Waals surface area (Å²) in [5, 5.41) is 13.7. The Hall–Kier alpha value is -2.24. The van der Waals surface area contributed by atoms with Crippen LogP contribution < -0.4 is 5.32 Å². The third-order valence-corrected chi connectivity index (χ3v) is 2.79. The Morgan fingerprint density at radius 1 is 1.00 bits per heavy atom. The lowest BCUT2D eigenvalue weighted by Crippen LogP contribution is -2.17. The molecule has 0 aromatic heterocycles. The van der Waals surface area contributed by atoms with E-state index in [1.807, 2.05) is 30.3 Å². The van der Waals surface area contributed by atoms with Gasteiger partial charge in [-0.1, -0.05) is 30.3 Å². The number of nitrogens with zero attached hydrogens (tertiary/aromatic N) is 1. The number of hydrogen-bond acceptors (Lipinski definition) is 4. The first-order valence-electron chi connectivity index (χ1n) is 6.31. The average Bonchev–Trinajstić information content (AvgIpc) is 2.48. The Morgan fingerprint density at radius 2 is 1.70 bits per heavy atom. The van der Waals surface area contributed by atoms with Gasteiger partial charge in [0.05, 0.1) is 18.3 Å². The first-order chi connectivity index (χ1) is 9.75. The fourth-order valence-corrected chi connectivity index (χ4v) is 1.75. The van der Waals surface area contributed by atoms with Gasteiger partial charge in [-0.3, -0.25) is 15.4 Å². The van der Waals surface area contributed by atoms with Gasteiger partial charge in [-0.25, -0.2) is 0 Å². The zero-order valence-corrected chi connectivity index (χ0v) is 11.0. The summed E-state index contributed by atoms with van der Waals surface area (Å²) >= 11 is 0. The smallest absolute Gasteiger partial charge is 0.269 e. The number of nitro benzene ring substituents is 1. The van der Waals surface area contributed by atoms with Crippen molar-refractivity contribution >= 4 is 5.69 Å². The van der Waals surface area contributed by atoms with Crippen LogP contribution in [0.3, 0.4) is 0 Å². The first kappa shape index (κ1) is 14.2. The SMILES string of the molecule is O=[N+]([O-])c1ccc(COCNCc2ccccc2)cc1. The summed E-state index contributed by atoms with van der Waals surface area (Å²) in [5.41, 5.74) is 2.21. The molecule has 0 amide bonds. The molecule has 0 bridgehead atoms. The van der Waals surface area contributed by atoms with E-state index in [0.29, 0.717) is 13.3 Å². The summed E-state index contributed by atoms with van der Waals surface area (Å²) in [7, 11) is 0. The van der Waals surface area contributed by atoms with Crippen molar-refractivity contribution < 1.29 is 9.66 Å². The molecular weight excluding hydrogens is 256 g/mol.